The average Bonchev–Trinajstić information content (AvgIpc) is 3.30. The fourth-order valence-corrected chi connectivity index (χ4v) is 5.35. The van der Waals surface area contributed by atoms with Gasteiger partial charge in [0.05, 0.1) is 12.1 Å². The molecule has 2 fully saturated rings. The number of unbranched alkanes of at least 4 members (excludes halogenated alkanes) is 1. The van der Waals surface area contributed by atoms with Gasteiger partial charge in [0.1, 0.15) is 6.04 Å². The zero-order valence-electron chi connectivity index (χ0n) is 22.1. The van der Waals surface area contributed by atoms with Crippen LogP contribution >= 0.6 is 0 Å². The van der Waals surface area contributed by atoms with Crippen molar-refractivity contribution in [3.63, 3.8) is 0 Å². The molecule has 0 bridgehead atoms. The Kier molecular flexibility index (Phi) is 10.9. The highest BCUT2D eigenvalue weighted by atomic mass is 16.2. The fourth-order valence-electron chi connectivity index (χ4n) is 5.35. The third-order valence-electron chi connectivity index (χ3n) is 7.98. The van der Waals surface area contributed by atoms with Crippen LogP contribution in [0.3, 0.4) is 0 Å². The first-order valence-electron chi connectivity index (χ1n) is 13.3. The SMILES string of the molecule is C=CCNC(=O)C(=O)C(CCCC)NC(=O)[C@@H]1C[C@@H](C(C)C)CN1C(=O)[C@@H](N)C1(C)CCCCC1. The third-order valence-corrected chi connectivity index (χ3v) is 7.98. The van der Waals surface area contributed by atoms with Gasteiger partial charge in [0.25, 0.3) is 5.91 Å². The number of amides is 3. The van der Waals surface area contributed by atoms with E-state index >= 15 is 0 Å². The Bertz CT molecular complexity index is 775. The number of carbonyl (C=O) groups excluding carboxylic acids is 4. The van der Waals surface area contributed by atoms with Gasteiger partial charge in [-0.15, -0.1) is 6.58 Å². The number of rotatable bonds is 12. The second-order valence-electron chi connectivity index (χ2n) is 11.0. The first-order valence-corrected chi connectivity index (χ1v) is 13.3. The van der Waals surface area contributed by atoms with Crippen molar-refractivity contribution in [2.75, 3.05) is 13.1 Å². The van der Waals surface area contributed by atoms with Crippen LogP contribution in [0.5, 0.6) is 0 Å². The van der Waals surface area contributed by atoms with Crippen LogP contribution < -0.4 is 16.4 Å². The van der Waals surface area contributed by atoms with Crippen molar-refractivity contribution in [3.8, 4) is 0 Å². The van der Waals surface area contributed by atoms with Gasteiger partial charge in [-0.05, 0) is 42.9 Å². The van der Waals surface area contributed by atoms with Gasteiger partial charge in [-0.2, -0.15) is 0 Å². The van der Waals surface area contributed by atoms with Crippen molar-refractivity contribution in [1.29, 1.82) is 0 Å². The molecule has 0 aromatic heterocycles. The van der Waals surface area contributed by atoms with Crippen LogP contribution in [-0.4, -0.2) is 59.6 Å². The number of hydrogen-bond donors (Lipinski definition) is 3. The molecule has 0 aromatic rings. The molecule has 0 aromatic carbocycles. The summed E-state index contributed by atoms with van der Waals surface area (Å²) in [4.78, 5) is 53.8. The molecular weight excluding hydrogens is 444 g/mol. The number of nitrogens with zero attached hydrogens (tertiary/aromatic N) is 1. The molecule has 1 saturated carbocycles. The van der Waals surface area contributed by atoms with Gasteiger partial charge in [-0.3, -0.25) is 19.2 Å². The molecule has 1 heterocycles. The van der Waals surface area contributed by atoms with E-state index in [1.165, 1.54) is 6.08 Å². The smallest absolute Gasteiger partial charge is 0.289 e. The molecule has 2 aliphatic rings. The fraction of sp³-hybridized carbons (Fsp3) is 0.778. The topological polar surface area (TPSA) is 122 Å². The largest absolute Gasteiger partial charge is 0.346 e. The quantitative estimate of drug-likeness (QED) is 0.287. The summed E-state index contributed by atoms with van der Waals surface area (Å²) in [5, 5.41) is 5.31. The molecule has 1 aliphatic heterocycles. The molecule has 4 atom stereocenters. The van der Waals surface area contributed by atoms with Gasteiger partial charge in [0, 0.05) is 13.1 Å². The van der Waals surface area contributed by atoms with E-state index in [0.717, 1.165) is 38.5 Å². The monoisotopic (exact) mass is 490 g/mol. The number of Topliss-reactive ketones (excluding diaryl/α,β-unsaturated/α-hetero) is 1. The minimum absolute atomic E-state index is 0.168. The van der Waals surface area contributed by atoms with Crippen molar-refractivity contribution in [2.24, 2.45) is 23.0 Å². The van der Waals surface area contributed by atoms with E-state index in [1.54, 1.807) is 4.90 Å². The lowest BCUT2D eigenvalue weighted by Gasteiger charge is -2.40. The number of nitrogens with one attached hydrogen (secondary N) is 2. The van der Waals surface area contributed by atoms with Gasteiger partial charge in [0.2, 0.25) is 17.6 Å². The van der Waals surface area contributed by atoms with E-state index < -0.39 is 29.8 Å². The highest BCUT2D eigenvalue weighted by Gasteiger charge is 2.46. The van der Waals surface area contributed by atoms with Gasteiger partial charge >= 0.3 is 0 Å². The second-order valence-corrected chi connectivity index (χ2v) is 11.0. The van der Waals surface area contributed by atoms with Crippen LogP contribution in [0.1, 0.15) is 85.5 Å². The van der Waals surface area contributed by atoms with E-state index in [9.17, 15) is 19.2 Å². The summed E-state index contributed by atoms with van der Waals surface area (Å²) < 4.78 is 0. The molecular formula is C27H46N4O4. The van der Waals surface area contributed by atoms with Crippen LogP contribution in [0, 0.1) is 17.3 Å². The highest BCUT2D eigenvalue weighted by Crippen LogP contribution is 2.40. The minimum Gasteiger partial charge on any atom is -0.346 e. The van der Waals surface area contributed by atoms with Crippen LogP contribution in [0.4, 0.5) is 0 Å². The predicted octanol–water partition coefficient (Wildman–Crippen LogP) is 2.70. The van der Waals surface area contributed by atoms with Gasteiger partial charge in [-0.1, -0.05) is 65.9 Å². The lowest BCUT2D eigenvalue weighted by atomic mass is 9.70. The standard InChI is InChI=1S/C27H46N4O4/c1-6-8-12-20(22(32)25(34)29-15-7-2)30-24(33)21-16-19(18(3)4)17-31(21)26(35)23(28)27(5)13-10-9-11-14-27/h7,18-21,23H,2,6,8-17,28H2,1,3-5H3,(H,29,34)(H,30,33)/t19-,20?,21+,23-/m1/s1. The molecule has 1 unspecified atom stereocenters. The Morgan fingerprint density at radius 3 is 2.40 bits per heavy atom. The molecule has 2 rings (SSSR count). The van der Waals surface area contributed by atoms with Crippen molar-refractivity contribution < 1.29 is 19.2 Å². The molecule has 1 aliphatic carbocycles. The van der Waals surface area contributed by atoms with Crippen molar-refractivity contribution >= 4 is 23.5 Å². The molecule has 3 amide bonds. The van der Waals surface area contributed by atoms with Crippen LogP contribution in [0.2, 0.25) is 0 Å². The maximum absolute atomic E-state index is 13.6. The minimum atomic E-state index is -0.924. The predicted molar refractivity (Wildman–Crippen MR) is 137 cm³/mol. The second kappa shape index (κ2) is 13.2. The summed E-state index contributed by atoms with van der Waals surface area (Å²) in [5.74, 6) is -1.51. The Balaban J connectivity index is 2.21. The van der Waals surface area contributed by atoms with Crippen LogP contribution in [0.25, 0.3) is 0 Å². The number of hydrogen-bond acceptors (Lipinski definition) is 5. The summed E-state index contributed by atoms with van der Waals surface area (Å²) in [6.07, 6.45) is 9.00. The normalized spacial score (nSPS) is 23.4. The van der Waals surface area contributed by atoms with E-state index in [2.05, 4.69) is 38.0 Å². The maximum atomic E-state index is 13.6. The number of nitrogens with two attached hydrogens (primary N) is 1. The number of carbonyl (C=O) groups is 4. The van der Waals surface area contributed by atoms with Crippen molar-refractivity contribution in [2.45, 2.75) is 104 Å². The van der Waals surface area contributed by atoms with E-state index in [-0.39, 0.29) is 29.7 Å². The van der Waals surface area contributed by atoms with Crippen LogP contribution in [0.15, 0.2) is 12.7 Å². The first kappa shape index (κ1) is 29.0. The highest BCUT2D eigenvalue weighted by molar-refractivity contribution is 6.38. The maximum Gasteiger partial charge on any atom is 0.289 e. The van der Waals surface area contributed by atoms with Gasteiger partial charge in [-0.25, -0.2) is 0 Å². The van der Waals surface area contributed by atoms with E-state index in [0.29, 0.717) is 31.7 Å². The van der Waals surface area contributed by atoms with Crippen molar-refractivity contribution in [1.82, 2.24) is 15.5 Å². The van der Waals surface area contributed by atoms with Gasteiger partial charge in [0.15, 0.2) is 0 Å². The molecule has 1 saturated heterocycles. The first-order chi connectivity index (χ1) is 16.6. The summed E-state index contributed by atoms with van der Waals surface area (Å²) in [5.41, 5.74) is 6.28. The zero-order valence-corrected chi connectivity index (χ0v) is 22.1. The lowest BCUT2D eigenvalue weighted by molar-refractivity contribution is -0.144. The molecule has 35 heavy (non-hydrogen) atoms. The number of likely N-dealkylation sites (tertiary alicyclic amines) is 1. The Hall–Kier alpha value is -2.22. The number of ketones is 1. The van der Waals surface area contributed by atoms with Gasteiger partial charge < -0.3 is 21.3 Å². The third kappa shape index (κ3) is 7.38. The van der Waals surface area contributed by atoms with E-state index in [4.69, 9.17) is 5.73 Å². The van der Waals surface area contributed by atoms with Crippen LogP contribution in [-0.2, 0) is 19.2 Å². The molecule has 0 spiro atoms. The molecule has 198 valence electrons. The zero-order chi connectivity index (χ0) is 26.2. The Morgan fingerprint density at radius 2 is 1.83 bits per heavy atom. The Labute approximate surface area is 210 Å². The lowest BCUT2D eigenvalue weighted by Crippen LogP contribution is -2.58. The summed E-state index contributed by atoms with van der Waals surface area (Å²) >= 11 is 0. The summed E-state index contributed by atoms with van der Waals surface area (Å²) in [7, 11) is 0. The molecule has 8 nitrogen and oxygen atoms in total. The average molecular weight is 491 g/mol. The molecule has 4 N–H and O–H groups in total. The summed E-state index contributed by atoms with van der Waals surface area (Å²) in [6, 6.07) is -2.28. The Morgan fingerprint density at radius 1 is 1.17 bits per heavy atom. The molecule has 0 radical (unpaired) electrons. The van der Waals surface area contributed by atoms with E-state index in [1.807, 2.05) is 6.92 Å². The summed E-state index contributed by atoms with van der Waals surface area (Å²) in [6.45, 7) is 12.4. The molecule has 8 heteroatoms. The van der Waals surface area contributed by atoms with Crippen molar-refractivity contribution in [3.05, 3.63) is 12.7 Å².